The zero-order chi connectivity index (χ0) is 22.5. The number of imide groups is 1. The second kappa shape index (κ2) is 9.58. The molecule has 2 amide bonds. The summed E-state index contributed by atoms with van der Waals surface area (Å²) in [6, 6.07) is -1.44. The summed E-state index contributed by atoms with van der Waals surface area (Å²) in [5.74, 6) is -0.873. The van der Waals surface area contributed by atoms with E-state index in [0.29, 0.717) is 4.90 Å². The van der Waals surface area contributed by atoms with E-state index in [1.54, 1.807) is 62.3 Å². The van der Waals surface area contributed by atoms with Crippen molar-refractivity contribution in [3.8, 4) is 0 Å². The van der Waals surface area contributed by atoms with Crippen LogP contribution in [0.4, 0.5) is 9.59 Å². The Morgan fingerprint density at radius 3 is 1.39 bits per heavy atom. The van der Waals surface area contributed by atoms with Gasteiger partial charge in [-0.25, -0.2) is 14.4 Å². The van der Waals surface area contributed by atoms with E-state index in [4.69, 9.17) is 25.8 Å². The van der Waals surface area contributed by atoms with Gasteiger partial charge in [0.2, 0.25) is 5.24 Å². The minimum absolute atomic E-state index is 0.226. The molecule has 162 valence electrons. The Labute approximate surface area is 171 Å². The molecule has 0 aliphatic rings. The molecular weight excluding hydrogens is 390 g/mol. The number of carbonyl (C=O) groups is 4. The predicted molar refractivity (Wildman–Crippen MR) is 104 cm³/mol. The molecule has 9 heteroatoms. The summed E-state index contributed by atoms with van der Waals surface area (Å²) in [7, 11) is 0. The van der Waals surface area contributed by atoms with Gasteiger partial charge in [0.15, 0.2) is 0 Å². The lowest BCUT2D eigenvalue weighted by atomic mass is 10.1. The number of hydrogen-bond acceptors (Lipinski definition) is 7. The Morgan fingerprint density at radius 2 is 1.11 bits per heavy atom. The zero-order valence-corrected chi connectivity index (χ0v) is 18.9. The largest absolute Gasteiger partial charge is 0.458 e. The number of carbonyl (C=O) groups excluding carboxylic acids is 4. The van der Waals surface area contributed by atoms with Crippen molar-refractivity contribution in [2.45, 2.75) is 98.0 Å². The highest BCUT2D eigenvalue weighted by Crippen LogP contribution is 2.22. The molecule has 0 rings (SSSR count). The maximum atomic E-state index is 12.7. The maximum Gasteiger partial charge on any atom is 0.420 e. The summed E-state index contributed by atoms with van der Waals surface area (Å²) in [6.07, 6.45) is -2.65. The lowest BCUT2D eigenvalue weighted by Gasteiger charge is -2.33. The summed E-state index contributed by atoms with van der Waals surface area (Å²) in [4.78, 5) is 49.9. The predicted octanol–water partition coefficient (Wildman–Crippen LogP) is 4.41. The van der Waals surface area contributed by atoms with Gasteiger partial charge in [0.25, 0.3) is 0 Å². The molecule has 0 saturated heterocycles. The van der Waals surface area contributed by atoms with Crippen molar-refractivity contribution < 1.29 is 33.4 Å². The number of amides is 2. The van der Waals surface area contributed by atoms with Gasteiger partial charge in [0.05, 0.1) is 0 Å². The highest BCUT2D eigenvalue weighted by atomic mass is 35.5. The average Bonchev–Trinajstić information content (AvgIpc) is 2.36. The van der Waals surface area contributed by atoms with E-state index in [1.165, 1.54) is 0 Å². The molecular formula is C19H32ClNO7. The number of rotatable bonds is 5. The molecule has 8 nitrogen and oxygen atoms in total. The van der Waals surface area contributed by atoms with Crippen LogP contribution in [0.5, 0.6) is 0 Å². The third-order valence-electron chi connectivity index (χ3n) is 2.79. The molecule has 0 heterocycles. The molecule has 1 unspecified atom stereocenters. The van der Waals surface area contributed by atoms with Crippen LogP contribution in [0, 0.1) is 0 Å². The van der Waals surface area contributed by atoms with Crippen LogP contribution >= 0.6 is 11.6 Å². The fraction of sp³-hybridized carbons (Fsp3) is 0.789. The number of halogens is 1. The molecule has 0 aliphatic heterocycles. The number of nitrogens with zero attached hydrogens (tertiary/aromatic N) is 1. The van der Waals surface area contributed by atoms with E-state index in [0.717, 1.165) is 0 Å². The second-order valence-electron chi connectivity index (χ2n) is 9.27. The highest BCUT2D eigenvalue weighted by Gasteiger charge is 2.42. The SMILES string of the molecule is CC(C)(C)OC(=O)C(CCC(=O)Cl)N(C(=O)OC(C)(C)C)C(=O)OC(C)(C)C. The van der Waals surface area contributed by atoms with Gasteiger partial charge in [-0.2, -0.15) is 4.90 Å². The van der Waals surface area contributed by atoms with Gasteiger partial charge in [0, 0.05) is 6.42 Å². The first-order valence-electron chi connectivity index (χ1n) is 8.99. The summed E-state index contributed by atoms with van der Waals surface area (Å²) in [6.45, 7) is 14.6. The van der Waals surface area contributed by atoms with Crippen molar-refractivity contribution in [1.29, 1.82) is 0 Å². The van der Waals surface area contributed by atoms with Crippen LogP contribution in [0.1, 0.15) is 75.2 Å². The first-order valence-corrected chi connectivity index (χ1v) is 9.36. The van der Waals surface area contributed by atoms with Crippen LogP contribution in [0.25, 0.3) is 0 Å². The van der Waals surface area contributed by atoms with E-state index in [-0.39, 0.29) is 12.8 Å². The molecule has 0 aromatic carbocycles. The molecule has 0 spiro atoms. The van der Waals surface area contributed by atoms with E-state index >= 15 is 0 Å². The third-order valence-corrected chi connectivity index (χ3v) is 2.97. The standard InChI is InChI=1S/C19H32ClNO7/c1-17(2,3)26-14(23)12(10-11-13(20)22)21(15(24)27-18(4,5)6)16(25)28-19(7,8)9/h12H,10-11H2,1-9H3. The van der Waals surface area contributed by atoms with Crippen LogP contribution < -0.4 is 0 Å². The molecule has 0 aromatic heterocycles. The van der Waals surface area contributed by atoms with Gasteiger partial charge >= 0.3 is 18.2 Å². The Hall–Kier alpha value is -1.83. The smallest absolute Gasteiger partial charge is 0.420 e. The fourth-order valence-corrected chi connectivity index (χ4v) is 2.03. The van der Waals surface area contributed by atoms with Crippen molar-refractivity contribution in [2.75, 3.05) is 0 Å². The number of hydrogen-bond donors (Lipinski definition) is 0. The molecule has 0 fully saturated rings. The molecule has 0 aliphatic carbocycles. The topological polar surface area (TPSA) is 99.2 Å². The molecule has 28 heavy (non-hydrogen) atoms. The Kier molecular flexibility index (Phi) is 8.96. The first kappa shape index (κ1) is 26.2. The van der Waals surface area contributed by atoms with E-state index < -0.39 is 46.2 Å². The number of ether oxygens (including phenoxy) is 3. The van der Waals surface area contributed by atoms with Crippen LogP contribution in [0.3, 0.4) is 0 Å². The summed E-state index contributed by atoms with van der Waals surface area (Å²) in [5, 5.41) is -0.720. The lowest BCUT2D eigenvalue weighted by Crippen LogP contribution is -2.53. The Balaban J connectivity index is 6.02. The Bertz CT molecular complexity index is 569. The minimum atomic E-state index is -1.44. The third kappa shape index (κ3) is 11.1. The van der Waals surface area contributed by atoms with E-state index in [2.05, 4.69) is 0 Å². The Morgan fingerprint density at radius 1 is 0.750 bits per heavy atom. The van der Waals surface area contributed by atoms with Gasteiger partial charge < -0.3 is 14.2 Å². The summed E-state index contributed by atoms with van der Waals surface area (Å²) < 4.78 is 15.9. The van der Waals surface area contributed by atoms with Gasteiger partial charge in [-0.3, -0.25) is 4.79 Å². The van der Waals surface area contributed by atoms with Crippen molar-refractivity contribution in [3.05, 3.63) is 0 Å². The van der Waals surface area contributed by atoms with Crippen LogP contribution in [-0.4, -0.2) is 51.1 Å². The fourth-order valence-electron chi connectivity index (χ4n) is 1.92. The molecule has 0 bridgehead atoms. The van der Waals surface area contributed by atoms with Crippen LogP contribution in [0.2, 0.25) is 0 Å². The van der Waals surface area contributed by atoms with Crippen molar-refractivity contribution in [1.82, 2.24) is 4.90 Å². The van der Waals surface area contributed by atoms with Crippen molar-refractivity contribution >= 4 is 35.0 Å². The molecule has 0 N–H and O–H groups in total. The van der Waals surface area contributed by atoms with Gasteiger partial charge in [-0.05, 0) is 80.3 Å². The molecule has 0 radical (unpaired) electrons. The minimum Gasteiger partial charge on any atom is -0.458 e. The van der Waals surface area contributed by atoms with Crippen LogP contribution in [-0.2, 0) is 23.8 Å². The van der Waals surface area contributed by atoms with Gasteiger partial charge in [-0.1, -0.05) is 0 Å². The maximum absolute atomic E-state index is 12.7. The monoisotopic (exact) mass is 421 g/mol. The summed E-state index contributed by atoms with van der Waals surface area (Å²) >= 11 is 5.39. The molecule has 1 atom stereocenters. The zero-order valence-electron chi connectivity index (χ0n) is 18.2. The first-order chi connectivity index (χ1) is 12.3. The second-order valence-corrected chi connectivity index (χ2v) is 9.70. The quantitative estimate of drug-likeness (QED) is 0.368. The highest BCUT2D eigenvalue weighted by molar-refractivity contribution is 6.63. The van der Waals surface area contributed by atoms with Gasteiger partial charge in [0.1, 0.15) is 22.8 Å². The average molecular weight is 422 g/mol. The van der Waals surface area contributed by atoms with Crippen LogP contribution in [0.15, 0.2) is 0 Å². The lowest BCUT2D eigenvalue weighted by molar-refractivity contribution is -0.161. The van der Waals surface area contributed by atoms with Crippen molar-refractivity contribution in [2.24, 2.45) is 0 Å². The van der Waals surface area contributed by atoms with Crippen molar-refractivity contribution in [3.63, 3.8) is 0 Å². The molecule has 0 saturated carbocycles. The number of esters is 1. The normalized spacial score (nSPS) is 13.4. The molecule has 0 aromatic rings. The van der Waals surface area contributed by atoms with Gasteiger partial charge in [-0.15, -0.1) is 0 Å². The van der Waals surface area contributed by atoms with E-state index in [1.807, 2.05) is 0 Å². The van der Waals surface area contributed by atoms with E-state index in [9.17, 15) is 19.2 Å². The summed E-state index contributed by atoms with van der Waals surface area (Å²) in [5.41, 5.74) is -2.75.